The molecule has 1 heterocycles. The van der Waals surface area contributed by atoms with E-state index < -0.39 is 11.9 Å². The molecule has 0 bridgehead atoms. The van der Waals surface area contributed by atoms with Crippen LogP contribution in [0.5, 0.6) is 0 Å². The number of carbonyl (C=O) groups is 2. The first-order valence-electron chi connectivity index (χ1n) is 5.89. The van der Waals surface area contributed by atoms with Crippen LogP contribution in [0.15, 0.2) is 40.8 Å². The molecule has 114 valence electrons. The van der Waals surface area contributed by atoms with Crippen LogP contribution in [0, 0.1) is 0 Å². The Morgan fingerprint density at radius 1 is 1.52 bits per heavy atom. The molecule has 0 aliphatic carbocycles. The molecule has 0 radical (unpaired) electrons. The van der Waals surface area contributed by atoms with Crippen LogP contribution in [0.25, 0.3) is 0 Å². The third-order valence-corrected chi connectivity index (χ3v) is 2.50. The molecule has 1 saturated heterocycles. The zero-order valence-electron chi connectivity index (χ0n) is 11.4. The lowest BCUT2D eigenvalue weighted by Crippen LogP contribution is -2.22. The van der Waals surface area contributed by atoms with Crippen molar-refractivity contribution in [3.8, 4) is 0 Å². The third-order valence-electron chi connectivity index (χ3n) is 2.41. The summed E-state index contributed by atoms with van der Waals surface area (Å²) in [4.78, 5) is 27.9. The largest absolute Gasteiger partial charge is 0.395 e. The standard InChI is InChI=1S/C12H16ClN5O3/c1-7(5-8-10(20)17-12(21)15-8)6-9(16-11(13)14)18(2)3-4-19/h5-6,19H,1,3-4H2,2H3,(H2,14,16)(H2,15,17,20,21)/b8-5-,9-6+. The SMILES string of the molecule is C=C(/C=C1\NC(=O)NC1=O)/C=C(\N=C(N)Cl)N(C)CCO. The second-order valence-electron chi connectivity index (χ2n) is 4.12. The molecule has 21 heavy (non-hydrogen) atoms. The van der Waals surface area contributed by atoms with Crippen LogP contribution >= 0.6 is 11.6 Å². The normalized spacial score (nSPS) is 17.8. The van der Waals surface area contributed by atoms with Crippen molar-refractivity contribution in [3.63, 3.8) is 0 Å². The predicted octanol–water partition coefficient (Wildman–Crippen LogP) is -0.415. The first-order valence-corrected chi connectivity index (χ1v) is 6.27. The number of aliphatic imine (C=N–C) groups is 1. The average Bonchev–Trinajstić information content (AvgIpc) is 2.66. The second kappa shape index (κ2) is 7.46. The number of nitrogens with one attached hydrogen (secondary N) is 2. The first kappa shape index (κ1) is 16.7. The minimum Gasteiger partial charge on any atom is -0.395 e. The summed E-state index contributed by atoms with van der Waals surface area (Å²) in [6.45, 7) is 3.96. The summed E-state index contributed by atoms with van der Waals surface area (Å²) in [5.74, 6) is -0.191. The number of halogens is 1. The van der Waals surface area contributed by atoms with E-state index in [9.17, 15) is 9.59 Å². The van der Waals surface area contributed by atoms with Crippen LogP contribution in [0.1, 0.15) is 0 Å². The molecule has 8 nitrogen and oxygen atoms in total. The van der Waals surface area contributed by atoms with E-state index in [-0.39, 0.29) is 17.6 Å². The summed E-state index contributed by atoms with van der Waals surface area (Å²) in [5, 5.41) is 13.2. The van der Waals surface area contributed by atoms with Crippen LogP contribution in [0.3, 0.4) is 0 Å². The minimum atomic E-state index is -0.594. The Morgan fingerprint density at radius 3 is 2.67 bits per heavy atom. The number of likely N-dealkylation sites (N-methyl/N-ethyl adjacent to an activating group) is 1. The molecule has 0 atom stereocenters. The molecule has 0 aromatic rings. The highest BCUT2D eigenvalue weighted by atomic mass is 35.5. The highest BCUT2D eigenvalue weighted by Crippen LogP contribution is 2.11. The Labute approximate surface area is 126 Å². The van der Waals surface area contributed by atoms with Gasteiger partial charge in [-0.15, -0.1) is 0 Å². The van der Waals surface area contributed by atoms with Crippen molar-refractivity contribution in [2.45, 2.75) is 0 Å². The summed E-state index contributed by atoms with van der Waals surface area (Å²) < 4.78 is 0. The van der Waals surface area contributed by atoms with Crippen molar-refractivity contribution in [1.82, 2.24) is 15.5 Å². The Hall–Kier alpha value is -2.32. The van der Waals surface area contributed by atoms with Crippen LogP contribution in [0.2, 0.25) is 0 Å². The van der Waals surface area contributed by atoms with Gasteiger partial charge in [0.2, 0.25) is 0 Å². The first-order chi connectivity index (χ1) is 9.83. The summed E-state index contributed by atoms with van der Waals surface area (Å²) in [6, 6.07) is -0.594. The van der Waals surface area contributed by atoms with Crippen molar-refractivity contribution in [3.05, 3.63) is 35.8 Å². The molecular weight excluding hydrogens is 298 g/mol. The van der Waals surface area contributed by atoms with Gasteiger partial charge in [-0.2, -0.15) is 0 Å². The van der Waals surface area contributed by atoms with Crippen LogP contribution in [0.4, 0.5) is 4.79 Å². The summed E-state index contributed by atoms with van der Waals surface area (Å²) in [7, 11) is 1.68. The van der Waals surface area contributed by atoms with Crippen molar-refractivity contribution < 1.29 is 14.7 Å². The van der Waals surface area contributed by atoms with Gasteiger partial charge in [0.05, 0.1) is 6.61 Å². The lowest BCUT2D eigenvalue weighted by molar-refractivity contribution is -0.115. The molecule has 5 N–H and O–H groups in total. The molecule has 1 rings (SSSR count). The Kier molecular flexibility index (Phi) is 5.94. The molecule has 0 aromatic carbocycles. The van der Waals surface area contributed by atoms with Gasteiger partial charge in [0.1, 0.15) is 11.5 Å². The number of allylic oxidation sites excluding steroid dienone is 3. The van der Waals surface area contributed by atoms with Gasteiger partial charge < -0.3 is 21.1 Å². The molecular formula is C12H16ClN5O3. The molecule has 0 saturated carbocycles. The molecule has 1 aliphatic rings. The highest BCUT2D eigenvalue weighted by molar-refractivity contribution is 6.64. The maximum Gasteiger partial charge on any atom is 0.326 e. The molecule has 0 unspecified atom stereocenters. The predicted molar refractivity (Wildman–Crippen MR) is 79.2 cm³/mol. The van der Waals surface area contributed by atoms with Crippen LogP contribution < -0.4 is 16.4 Å². The fourth-order valence-electron chi connectivity index (χ4n) is 1.48. The third kappa shape index (κ3) is 5.28. The lowest BCUT2D eigenvalue weighted by Gasteiger charge is -2.18. The Bertz CT molecular complexity index is 549. The minimum absolute atomic E-state index is 0.0771. The quantitative estimate of drug-likeness (QED) is 0.133. The summed E-state index contributed by atoms with van der Waals surface area (Å²) in [5.41, 5.74) is 5.80. The number of aliphatic hydroxyl groups is 1. The molecule has 3 amide bonds. The van der Waals surface area contributed by atoms with E-state index in [1.54, 1.807) is 11.9 Å². The van der Waals surface area contributed by atoms with E-state index in [2.05, 4.69) is 22.2 Å². The number of aliphatic hydroxyl groups excluding tert-OH is 1. The fourth-order valence-corrected chi connectivity index (χ4v) is 1.56. The van der Waals surface area contributed by atoms with Gasteiger partial charge in [-0.1, -0.05) is 6.58 Å². The van der Waals surface area contributed by atoms with Gasteiger partial charge in [0.15, 0.2) is 5.29 Å². The topological polar surface area (TPSA) is 120 Å². The van der Waals surface area contributed by atoms with Crippen LogP contribution in [-0.2, 0) is 4.79 Å². The van der Waals surface area contributed by atoms with Gasteiger partial charge in [-0.3, -0.25) is 10.1 Å². The molecule has 1 aliphatic heterocycles. The zero-order chi connectivity index (χ0) is 16.0. The highest BCUT2D eigenvalue weighted by Gasteiger charge is 2.22. The smallest absolute Gasteiger partial charge is 0.326 e. The van der Waals surface area contributed by atoms with Gasteiger partial charge in [-0.05, 0) is 29.3 Å². The Morgan fingerprint density at radius 2 is 2.19 bits per heavy atom. The number of amides is 3. The number of nitrogens with zero attached hydrogens (tertiary/aromatic N) is 2. The van der Waals surface area contributed by atoms with Gasteiger partial charge in [0.25, 0.3) is 5.91 Å². The van der Waals surface area contributed by atoms with Gasteiger partial charge in [0, 0.05) is 13.6 Å². The van der Waals surface area contributed by atoms with Crippen molar-refractivity contribution >= 4 is 28.8 Å². The number of hydrogen-bond acceptors (Lipinski definition) is 5. The number of nitrogens with two attached hydrogens (primary N) is 1. The van der Waals surface area contributed by atoms with Crippen molar-refractivity contribution in [1.29, 1.82) is 0 Å². The monoisotopic (exact) mass is 313 g/mol. The van der Waals surface area contributed by atoms with E-state index >= 15 is 0 Å². The maximum atomic E-state index is 11.4. The zero-order valence-corrected chi connectivity index (χ0v) is 12.1. The molecule has 1 fully saturated rings. The second-order valence-corrected chi connectivity index (χ2v) is 4.51. The van der Waals surface area contributed by atoms with Gasteiger partial charge >= 0.3 is 6.03 Å². The summed E-state index contributed by atoms with van der Waals surface area (Å²) >= 11 is 5.54. The lowest BCUT2D eigenvalue weighted by atomic mass is 10.2. The number of hydrogen-bond donors (Lipinski definition) is 4. The van der Waals surface area contributed by atoms with Gasteiger partial charge in [-0.25, -0.2) is 9.79 Å². The number of urea groups is 1. The molecule has 9 heteroatoms. The van der Waals surface area contributed by atoms with Crippen molar-refractivity contribution in [2.75, 3.05) is 20.2 Å². The molecule has 0 spiro atoms. The maximum absolute atomic E-state index is 11.4. The van der Waals surface area contributed by atoms with E-state index in [1.807, 2.05) is 0 Å². The number of amidine groups is 1. The summed E-state index contributed by atoms with van der Waals surface area (Å²) in [6.07, 6.45) is 2.89. The van der Waals surface area contributed by atoms with E-state index in [0.717, 1.165) is 0 Å². The number of rotatable bonds is 6. The van der Waals surface area contributed by atoms with Crippen LogP contribution in [-0.4, -0.2) is 47.4 Å². The van der Waals surface area contributed by atoms with E-state index in [1.165, 1.54) is 12.2 Å². The van der Waals surface area contributed by atoms with Crippen molar-refractivity contribution in [2.24, 2.45) is 10.7 Å². The number of carbonyl (C=O) groups excluding carboxylic acids is 2. The van der Waals surface area contributed by atoms with E-state index in [4.69, 9.17) is 22.4 Å². The fraction of sp³-hybridized carbons (Fsp3) is 0.250. The average molecular weight is 314 g/mol. The van der Waals surface area contributed by atoms with E-state index in [0.29, 0.717) is 17.9 Å². The number of imide groups is 1. The molecule has 0 aromatic heterocycles. The Balaban J connectivity index is 2.97.